The van der Waals surface area contributed by atoms with Gasteiger partial charge in [0.15, 0.2) is 0 Å². The van der Waals surface area contributed by atoms with Gasteiger partial charge in [0.2, 0.25) is 15.9 Å². The average molecular weight is 222 g/mol. The van der Waals surface area contributed by atoms with E-state index in [0.717, 1.165) is 0 Å². The average Bonchev–Trinajstić information content (AvgIpc) is 1.77. The molecule has 2 N–H and O–H groups in total. The van der Waals surface area contributed by atoms with Gasteiger partial charge in [0.1, 0.15) is 5.75 Å². The quantitative estimate of drug-likeness (QED) is 0.678. The summed E-state index contributed by atoms with van der Waals surface area (Å²) in [6.45, 7) is 6.97. The predicted molar refractivity (Wildman–Crippen MR) is 55.3 cm³/mol. The first-order chi connectivity index (χ1) is 6.23. The normalized spacial score (nSPS) is 12.1. The molecule has 0 aromatic rings. The summed E-state index contributed by atoms with van der Waals surface area (Å²) >= 11 is 0. The van der Waals surface area contributed by atoms with Crippen LogP contribution < -0.4 is 10.0 Å². The lowest BCUT2D eigenvalue weighted by atomic mass is 10.4. The van der Waals surface area contributed by atoms with Gasteiger partial charge in [0, 0.05) is 12.1 Å². The molecule has 0 unspecified atom stereocenters. The molecule has 0 atom stereocenters. The minimum absolute atomic E-state index is 0.0447. The Balaban J connectivity index is 4.17. The van der Waals surface area contributed by atoms with Gasteiger partial charge in [-0.25, -0.2) is 13.1 Å². The van der Waals surface area contributed by atoms with E-state index in [1.54, 1.807) is 27.7 Å². The second-order valence-electron chi connectivity index (χ2n) is 3.75. The molecular formula is C8H18N2O3S. The Morgan fingerprint density at radius 1 is 1.14 bits per heavy atom. The second kappa shape index (κ2) is 5.31. The van der Waals surface area contributed by atoms with Crippen LogP contribution in [-0.2, 0) is 14.8 Å². The van der Waals surface area contributed by atoms with Gasteiger partial charge in [0.25, 0.3) is 0 Å². The van der Waals surface area contributed by atoms with Crippen molar-refractivity contribution in [2.45, 2.75) is 39.8 Å². The number of nitrogens with one attached hydrogen (secondary N) is 2. The molecule has 0 rings (SSSR count). The minimum atomic E-state index is -3.49. The van der Waals surface area contributed by atoms with Crippen molar-refractivity contribution in [3.05, 3.63) is 0 Å². The molecule has 0 fully saturated rings. The zero-order chi connectivity index (χ0) is 11.4. The summed E-state index contributed by atoms with van der Waals surface area (Å²) in [4.78, 5) is 11.1. The molecule has 0 aromatic heterocycles. The fourth-order valence-corrected chi connectivity index (χ4v) is 2.17. The van der Waals surface area contributed by atoms with E-state index in [2.05, 4.69) is 10.0 Å². The molecular weight excluding hydrogens is 204 g/mol. The molecule has 0 aliphatic rings. The zero-order valence-electron chi connectivity index (χ0n) is 8.99. The molecule has 0 spiro atoms. The van der Waals surface area contributed by atoms with Crippen molar-refractivity contribution in [3.63, 3.8) is 0 Å². The standard InChI is InChI=1S/C8H18N2O3S/c1-6(2)9-8(11)5-14(12,13)10-7(3)4/h6-7,10H,5H2,1-4H3,(H,9,11). The second-order valence-corrected chi connectivity index (χ2v) is 5.51. The third-order valence-electron chi connectivity index (χ3n) is 1.19. The van der Waals surface area contributed by atoms with Crippen LogP contribution in [0, 0.1) is 0 Å². The van der Waals surface area contributed by atoms with Gasteiger partial charge in [-0.1, -0.05) is 0 Å². The molecule has 0 bridgehead atoms. The van der Waals surface area contributed by atoms with Gasteiger partial charge in [0.05, 0.1) is 0 Å². The highest BCUT2D eigenvalue weighted by Gasteiger charge is 2.17. The van der Waals surface area contributed by atoms with Crippen LogP contribution >= 0.6 is 0 Å². The maximum Gasteiger partial charge on any atom is 0.236 e. The fraction of sp³-hybridized carbons (Fsp3) is 0.875. The number of carbonyl (C=O) groups excluding carboxylic acids is 1. The Hall–Kier alpha value is -0.620. The summed E-state index contributed by atoms with van der Waals surface area (Å²) in [6, 6.07) is -0.233. The molecule has 0 aliphatic carbocycles. The fourth-order valence-electron chi connectivity index (χ4n) is 0.937. The number of hydrogen-bond acceptors (Lipinski definition) is 3. The molecule has 14 heavy (non-hydrogen) atoms. The summed E-state index contributed by atoms with van der Waals surface area (Å²) in [5.41, 5.74) is 0. The Bertz CT molecular complexity index is 283. The lowest BCUT2D eigenvalue weighted by Crippen LogP contribution is -2.41. The number of carbonyl (C=O) groups is 1. The molecule has 0 saturated carbocycles. The third-order valence-corrected chi connectivity index (χ3v) is 2.66. The number of sulfonamides is 1. The van der Waals surface area contributed by atoms with E-state index in [9.17, 15) is 13.2 Å². The summed E-state index contributed by atoms with van der Waals surface area (Å²) < 4.78 is 24.9. The van der Waals surface area contributed by atoms with Gasteiger partial charge in [-0.3, -0.25) is 4.79 Å². The zero-order valence-corrected chi connectivity index (χ0v) is 9.81. The lowest BCUT2D eigenvalue weighted by molar-refractivity contribution is -0.119. The van der Waals surface area contributed by atoms with Crippen molar-refractivity contribution in [1.82, 2.24) is 10.0 Å². The molecule has 0 heterocycles. The first-order valence-corrected chi connectivity index (χ1v) is 6.17. The molecule has 0 saturated heterocycles. The van der Waals surface area contributed by atoms with Crippen molar-refractivity contribution >= 4 is 15.9 Å². The van der Waals surface area contributed by atoms with E-state index in [4.69, 9.17) is 0 Å². The van der Waals surface area contributed by atoms with Crippen LogP contribution in [0.25, 0.3) is 0 Å². The van der Waals surface area contributed by atoms with E-state index in [1.165, 1.54) is 0 Å². The summed E-state index contributed by atoms with van der Waals surface area (Å²) in [5.74, 6) is -0.989. The van der Waals surface area contributed by atoms with Crippen molar-refractivity contribution in [1.29, 1.82) is 0 Å². The monoisotopic (exact) mass is 222 g/mol. The van der Waals surface area contributed by atoms with E-state index in [-0.39, 0.29) is 12.1 Å². The largest absolute Gasteiger partial charge is 0.353 e. The van der Waals surface area contributed by atoms with Gasteiger partial charge < -0.3 is 5.32 Å². The predicted octanol–water partition coefficient (Wildman–Crippen LogP) is -0.161. The highest BCUT2D eigenvalue weighted by Crippen LogP contribution is 1.89. The number of amides is 1. The first-order valence-electron chi connectivity index (χ1n) is 4.52. The van der Waals surface area contributed by atoms with Crippen molar-refractivity contribution in [2.24, 2.45) is 0 Å². The summed E-state index contributed by atoms with van der Waals surface area (Å²) in [5, 5.41) is 2.51. The topological polar surface area (TPSA) is 75.3 Å². The van der Waals surface area contributed by atoms with Gasteiger partial charge >= 0.3 is 0 Å². The Kier molecular flexibility index (Phi) is 5.07. The van der Waals surface area contributed by atoms with Crippen LogP contribution in [0.1, 0.15) is 27.7 Å². The SMILES string of the molecule is CC(C)NC(=O)CS(=O)(=O)NC(C)C. The van der Waals surface area contributed by atoms with Crippen molar-refractivity contribution < 1.29 is 13.2 Å². The summed E-state index contributed by atoms with van der Waals surface area (Å²) in [6.07, 6.45) is 0. The van der Waals surface area contributed by atoms with Crippen LogP contribution in [-0.4, -0.2) is 32.2 Å². The number of hydrogen-bond donors (Lipinski definition) is 2. The van der Waals surface area contributed by atoms with Crippen LogP contribution in [0.4, 0.5) is 0 Å². The molecule has 1 amide bonds. The Labute approximate surface area is 85.3 Å². The van der Waals surface area contributed by atoms with Crippen LogP contribution in [0.2, 0.25) is 0 Å². The maximum atomic E-state index is 11.3. The summed E-state index contributed by atoms with van der Waals surface area (Å²) in [7, 11) is -3.49. The highest BCUT2D eigenvalue weighted by atomic mass is 32.2. The molecule has 5 nitrogen and oxygen atoms in total. The van der Waals surface area contributed by atoms with E-state index in [0.29, 0.717) is 0 Å². The highest BCUT2D eigenvalue weighted by molar-refractivity contribution is 7.90. The first kappa shape index (κ1) is 13.4. The molecule has 0 aromatic carbocycles. The molecule has 6 heteroatoms. The lowest BCUT2D eigenvalue weighted by Gasteiger charge is -2.11. The van der Waals surface area contributed by atoms with Crippen molar-refractivity contribution in [2.75, 3.05) is 5.75 Å². The number of rotatable bonds is 5. The van der Waals surface area contributed by atoms with Gasteiger partial charge in [-0.2, -0.15) is 0 Å². The van der Waals surface area contributed by atoms with E-state index < -0.39 is 21.7 Å². The van der Waals surface area contributed by atoms with E-state index >= 15 is 0 Å². The van der Waals surface area contributed by atoms with Crippen LogP contribution in [0.3, 0.4) is 0 Å². The van der Waals surface area contributed by atoms with Gasteiger partial charge in [-0.05, 0) is 27.7 Å². The maximum absolute atomic E-state index is 11.3. The molecule has 0 radical (unpaired) electrons. The molecule has 84 valence electrons. The Morgan fingerprint density at radius 3 is 2.00 bits per heavy atom. The molecule has 0 aliphatic heterocycles. The third kappa shape index (κ3) is 6.85. The van der Waals surface area contributed by atoms with Gasteiger partial charge in [-0.15, -0.1) is 0 Å². The van der Waals surface area contributed by atoms with Crippen LogP contribution in [0.15, 0.2) is 0 Å². The smallest absolute Gasteiger partial charge is 0.236 e. The Morgan fingerprint density at radius 2 is 1.64 bits per heavy atom. The van der Waals surface area contributed by atoms with Crippen LogP contribution in [0.5, 0.6) is 0 Å². The van der Waals surface area contributed by atoms with Crippen molar-refractivity contribution in [3.8, 4) is 0 Å². The minimum Gasteiger partial charge on any atom is -0.353 e. The van der Waals surface area contributed by atoms with E-state index in [1.807, 2.05) is 0 Å².